The number of anilines is 1. The monoisotopic (exact) mass is 553 g/mol. The Labute approximate surface area is 238 Å². The lowest BCUT2D eigenvalue weighted by molar-refractivity contribution is -0.115. The number of nitrogens with one attached hydrogen (secondary N) is 2. The van der Waals surface area contributed by atoms with Crippen molar-refractivity contribution in [2.75, 3.05) is 51.9 Å². The summed E-state index contributed by atoms with van der Waals surface area (Å²) < 4.78 is 16.5. The molecule has 0 atom stereocenters. The maximum absolute atomic E-state index is 13.0. The van der Waals surface area contributed by atoms with Crippen molar-refractivity contribution < 1.29 is 23.8 Å². The van der Waals surface area contributed by atoms with Crippen molar-refractivity contribution in [3.63, 3.8) is 0 Å². The van der Waals surface area contributed by atoms with Crippen molar-refractivity contribution in [3.8, 4) is 17.6 Å². The molecule has 210 valence electrons. The number of carbonyl (C=O) groups excluding carboxylic acids is 2. The number of allylic oxidation sites excluding steroid dienone is 4. The van der Waals surface area contributed by atoms with Gasteiger partial charge >= 0.3 is 6.03 Å². The maximum atomic E-state index is 13.0. The van der Waals surface area contributed by atoms with Crippen molar-refractivity contribution in [1.82, 2.24) is 15.2 Å². The zero-order valence-electron chi connectivity index (χ0n) is 22.8. The summed E-state index contributed by atoms with van der Waals surface area (Å²) in [6, 6.07) is 14.0. The summed E-state index contributed by atoms with van der Waals surface area (Å²) in [6.45, 7) is 4.77. The van der Waals surface area contributed by atoms with Crippen LogP contribution >= 0.6 is 0 Å². The highest BCUT2D eigenvalue weighted by Crippen LogP contribution is 2.33. The van der Waals surface area contributed by atoms with Gasteiger partial charge in [0, 0.05) is 49.4 Å². The highest BCUT2D eigenvalue weighted by molar-refractivity contribution is 6.09. The molecule has 1 fully saturated rings. The average molecular weight is 554 g/mol. The Kier molecular flexibility index (Phi) is 8.89. The molecule has 10 nitrogen and oxygen atoms in total. The molecule has 0 bridgehead atoms. The molecule has 3 aromatic rings. The van der Waals surface area contributed by atoms with Crippen LogP contribution in [-0.2, 0) is 9.53 Å². The molecular formula is C31H31N5O5. The van der Waals surface area contributed by atoms with Crippen LogP contribution in [0.3, 0.4) is 0 Å². The van der Waals surface area contributed by atoms with Gasteiger partial charge in [0.1, 0.15) is 17.6 Å². The number of ether oxygens (including phenoxy) is 3. The second kappa shape index (κ2) is 13.1. The lowest BCUT2D eigenvalue weighted by Gasteiger charge is -2.26. The van der Waals surface area contributed by atoms with Crippen LogP contribution in [0.15, 0.2) is 66.5 Å². The number of benzene rings is 2. The number of methoxy groups -OCH3 is 1. The van der Waals surface area contributed by atoms with E-state index in [4.69, 9.17) is 14.2 Å². The average Bonchev–Trinajstić information content (AvgIpc) is 3.00. The molecule has 2 amide bonds. The van der Waals surface area contributed by atoms with Crippen LogP contribution in [0.1, 0.15) is 24.0 Å². The number of aromatic nitrogens is 1. The molecule has 2 N–H and O–H groups in total. The van der Waals surface area contributed by atoms with Gasteiger partial charge in [-0.15, -0.1) is 0 Å². The number of rotatable bonds is 9. The van der Waals surface area contributed by atoms with Crippen molar-refractivity contribution in [1.29, 1.82) is 5.26 Å². The van der Waals surface area contributed by atoms with Crippen molar-refractivity contribution in [2.24, 2.45) is 0 Å². The first-order valence-corrected chi connectivity index (χ1v) is 13.5. The van der Waals surface area contributed by atoms with Gasteiger partial charge in [0.15, 0.2) is 5.78 Å². The number of Topliss-reactive ketones (excluding diaryl/α,β-unsaturated/α-hetero) is 1. The van der Waals surface area contributed by atoms with Crippen molar-refractivity contribution >= 4 is 34.0 Å². The van der Waals surface area contributed by atoms with E-state index in [1.807, 2.05) is 6.07 Å². The summed E-state index contributed by atoms with van der Waals surface area (Å²) in [5.41, 5.74) is 3.42. The molecule has 41 heavy (non-hydrogen) atoms. The number of nitrogens with zero attached hydrogens (tertiary/aromatic N) is 3. The zero-order valence-corrected chi connectivity index (χ0v) is 22.8. The second-order valence-corrected chi connectivity index (χ2v) is 9.67. The smallest absolute Gasteiger partial charge is 0.323 e. The molecule has 0 saturated carbocycles. The number of ketones is 1. The number of pyridine rings is 1. The van der Waals surface area contributed by atoms with Gasteiger partial charge in [0.2, 0.25) is 0 Å². The first-order valence-electron chi connectivity index (χ1n) is 13.5. The number of carbonyl (C=O) groups is 2. The van der Waals surface area contributed by atoms with E-state index >= 15 is 0 Å². The predicted octanol–water partition coefficient (Wildman–Crippen LogP) is 4.28. The fourth-order valence-corrected chi connectivity index (χ4v) is 4.81. The van der Waals surface area contributed by atoms with Gasteiger partial charge in [-0.25, -0.2) is 4.79 Å². The van der Waals surface area contributed by atoms with Gasteiger partial charge in [-0.1, -0.05) is 6.08 Å². The summed E-state index contributed by atoms with van der Waals surface area (Å²) in [6.07, 6.45) is 6.01. The minimum absolute atomic E-state index is 0.0927. The Morgan fingerprint density at radius 3 is 2.66 bits per heavy atom. The molecule has 2 aromatic carbocycles. The van der Waals surface area contributed by atoms with Gasteiger partial charge in [0.25, 0.3) is 0 Å². The third-order valence-corrected chi connectivity index (χ3v) is 6.99. The zero-order chi connectivity index (χ0) is 28.6. The van der Waals surface area contributed by atoms with E-state index in [-0.39, 0.29) is 17.9 Å². The van der Waals surface area contributed by atoms with Crippen LogP contribution in [0, 0.1) is 11.3 Å². The number of amides is 2. The quantitative estimate of drug-likeness (QED) is 0.376. The standard InChI is InChI=1S/C31H31N5O5/c1-39-24-6-4-23(5-7-24)34-31(38)35-27-8-3-21(18-29(27)37)25-9-10-33-28-19-30(22(20-32)17-26(25)28)41-14-2-11-36-12-15-40-16-13-36/h3-10,17,19H,2,11-16,18H2,1H3,(H2,34,35,38). The first kappa shape index (κ1) is 27.8. The molecule has 0 unspecified atom stereocenters. The lowest BCUT2D eigenvalue weighted by Crippen LogP contribution is -2.37. The fraction of sp³-hybridized carbons (Fsp3) is 0.290. The highest BCUT2D eigenvalue weighted by atomic mass is 16.5. The number of hydrogen-bond donors (Lipinski definition) is 2. The molecule has 0 spiro atoms. The van der Waals surface area contributed by atoms with Crippen LogP contribution in [0.25, 0.3) is 16.5 Å². The third-order valence-electron chi connectivity index (χ3n) is 6.99. The number of morpholine rings is 1. The van der Waals surface area contributed by atoms with E-state index in [9.17, 15) is 14.9 Å². The number of fused-ring (bicyclic) bond motifs is 1. The Morgan fingerprint density at radius 2 is 1.93 bits per heavy atom. The Bertz CT molecular complexity index is 1530. The molecule has 1 aliphatic carbocycles. The van der Waals surface area contributed by atoms with E-state index in [0.29, 0.717) is 34.9 Å². The molecule has 0 radical (unpaired) electrons. The lowest BCUT2D eigenvalue weighted by atomic mass is 9.92. The Balaban J connectivity index is 1.27. The van der Waals surface area contributed by atoms with Crippen LogP contribution in [0.4, 0.5) is 10.5 Å². The molecular weight excluding hydrogens is 522 g/mol. The predicted molar refractivity (Wildman–Crippen MR) is 155 cm³/mol. The summed E-state index contributed by atoms with van der Waals surface area (Å²) in [4.78, 5) is 32.2. The van der Waals surface area contributed by atoms with Crippen molar-refractivity contribution in [2.45, 2.75) is 12.8 Å². The normalized spacial score (nSPS) is 15.5. The minimum Gasteiger partial charge on any atom is -0.497 e. The molecule has 1 aromatic heterocycles. The van der Waals surface area contributed by atoms with E-state index in [1.165, 1.54) is 0 Å². The van der Waals surface area contributed by atoms with Crippen LogP contribution in [0.5, 0.6) is 11.5 Å². The molecule has 1 saturated heterocycles. The van der Waals surface area contributed by atoms with E-state index in [0.717, 1.165) is 55.8 Å². The van der Waals surface area contributed by atoms with Crippen LogP contribution in [0.2, 0.25) is 0 Å². The summed E-state index contributed by atoms with van der Waals surface area (Å²) in [5, 5.41) is 15.9. The highest BCUT2D eigenvalue weighted by Gasteiger charge is 2.21. The maximum Gasteiger partial charge on any atom is 0.323 e. The van der Waals surface area contributed by atoms with E-state index in [1.54, 1.807) is 61.9 Å². The van der Waals surface area contributed by atoms with Crippen LogP contribution < -0.4 is 20.1 Å². The Morgan fingerprint density at radius 1 is 1.12 bits per heavy atom. The van der Waals surface area contributed by atoms with Gasteiger partial charge in [-0.2, -0.15) is 5.26 Å². The first-order chi connectivity index (χ1) is 20.0. The summed E-state index contributed by atoms with van der Waals surface area (Å²) >= 11 is 0. The summed E-state index contributed by atoms with van der Waals surface area (Å²) in [5.74, 6) is 0.945. The molecule has 1 aliphatic heterocycles. The van der Waals surface area contributed by atoms with Gasteiger partial charge in [-0.05, 0) is 60.0 Å². The summed E-state index contributed by atoms with van der Waals surface area (Å²) in [7, 11) is 1.57. The molecule has 5 rings (SSSR count). The number of urea groups is 1. The van der Waals surface area contributed by atoms with E-state index in [2.05, 4.69) is 26.6 Å². The second-order valence-electron chi connectivity index (χ2n) is 9.67. The molecule has 10 heteroatoms. The minimum atomic E-state index is -0.517. The fourth-order valence-electron chi connectivity index (χ4n) is 4.81. The van der Waals surface area contributed by atoms with Gasteiger partial charge in [-0.3, -0.25) is 14.7 Å². The molecule has 2 aliphatic rings. The third kappa shape index (κ3) is 6.90. The van der Waals surface area contributed by atoms with Crippen LogP contribution in [-0.4, -0.2) is 68.3 Å². The Hall–Kier alpha value is -4.72. The van der Waals surface area contributed by atoms with Gasteiger partial charge in [0.05, 0.1) is 43.7 Å². The number of nitriles is 1. The topological polar surface area (TPSA) is 126 Å². The van der Waals surface area contributed by atoms with Crippen molar-refractivity contribution in [3.05, 3.63) is 77.6 Å². The van der Waals surface area contributed by atoms with Gasteiger partial charge < -0.3 is 24.8 Å². The SMILES string of the molecule is COc1ccc(NC(=O)NC2=CC=C(c3ccnc4cc(OCCCN5CCOCC5)c(C#N)cc34)CC2=O)cc1. The molecule has 2 heterocycles. The number of hydrogen-bond acceptors (Lipinski definition) is 8. The van der Waals surface area contributed by atoms with E-state index < -0.39 is 6.03 Å². The largest absolute Gasteiger partial charge is 0.497 e.